The van der Waals surface area contributed by atoms with Crippen LogP contribution >= 0.6 is 0 Å². The second-order valence-electron chi connectivity index (χ2n) is 3.80. The van der Waals surface area contributed by atoms with Crippen molar-refractivity contribution in [2.45, 2.75) is 18.9 Å². The number of halogens is 1. The molecule has 0 aromatic heterocycles. The monoisotopic (exact) mass is 224 g/mol. The summed E-state index contributed by atoms with van der Waals surface area (Å²) in [5.74, 6) is -0.862. The summed E-state index contributed by atoms with van der Waals surface area (Å²) in [5, 5.41) is 14.9. The number of amides is 1. The molecule has 3 N–H and O–H groups in total. The third-order valence-electron chi connectivity index (χ3n) is 2.59. The lowest BCUT2D eigenvalue weighted by Gasteiger charge is -2.12. The van der Waals surface area contributed by atoms with Crippen LogP contribution in [0.2, 0.25) is 0 Å². The molecule has 1 atom stereocenters. The number of phenols is 1. The van der Waals surface area contributed by atoms with Crippen LogP contribution in [0, 0.1) is 5.82 Å². The summed E-state index contributed by atoms with van der Waals surface area (Å²) in [7, 11) is 0. The number of carbonyl (C=O) groups excluding carboxylic acids is 1. The lowest BCUT2D eigenvalue weighted by Crippen LogP contribution is -2.35. The molecule has 1 fully saturated rings. The summed E-state index contributed by atoms with van der Waals surface area (Å²) in [6, 6.07) is 3.20. The molecule has 1 aromatic carbocycles. The van der Waals surface area contributed by atoms with Crippen LogP contribution in [0.5, 0.6) is 5.75 Å². The van der Waals surface area contributed by atoms with Gasteiger partial charge in [-0.3, -0.25) is 4.79 Å². The molecule has 1 aliphatic heterocycles. The first-order valence-electron chi connectivity index (χ1n) is 5.19. The van der Waals surface area contributed by atoms with Crippen molar-refractivity contribution < 1.29 is 14.3 Å². The minimum atomic E-state index is -0.493. The Morgan fingerprint density at radius 2 is 2.38 bits per heavy atom. The van der Waals surface area contributed by atoms with E-state index in [0.717, 1.165) is 31.5 Å². The van der Waals surface area contributed by atoms with Crippen LogP contribution in [0.1, 0.15) is 12.8 Å². The van der Waals surface area contributed by atoms with Gasteiger partial charge in [0, 0.05) is 6.07 Å². The van der Waals surface area contributed by atoms with Gasteiger partial charge in [-0.2, -0.15) is 0 Å². The Bertz CT molecular complexity index is 403. The van der Waals surface area contributed by atoms with Crippen LogP contribution in [-0.4, -0.2) is 23.6 Å². The summed E-state index contributed by atoms with van der Waals surface area (Å²) < 4.78 is 12.9. The molecule has 86 valence electrons. The summed E-state index contributed by atoms with van der Waals surface area (Å²) in [6.45, 7) is 0.813. The number of hydrogen-bond donors (Lipinski definition) is 3. The number of nitrogens with one attached hydrogen (secondary N) is 2. The Hall–Kier alpha value is -1.62. The van der Waals surface area contributed by atoms with Gasteiger partial charge in [0.2, 0.25) is 5.91 Å². The topological polar surface area (TPSA) is 61.4 Å². The van der Waals surface area contributed by atoms with E-state index in [-0.39, 0.29) is 23.4 Å². The van der Waals surface area contributed by atoms with E-state index in [1.165, 1.54) is 6.07 Å². The smallest absolute Gasteiger partial charge is 0.241 e. The van der Waals surface area contributed by atoms with E-state index in [2.05, 4.69) is 10.6 Å². The Morgan fingerprint density at radius 1 is 1.56 bits per heavy atom. The molecule has 0 spiro atoms. The van der Waals surface area contributed by atoms with E-state index in [1.54, 1.807) is 0 Å². The van der Waals surface area contributed by atoms with Crippen molar-refractivity contribution in [1.82, 2.24) is 5.32 Å². The summed E-state index contributed by atoms with van der Waals surface area (Å²) >= 11 is 0. The lowest BCUT2D eigenvalue weighted by molar-refractivity contribution is -0.117. The maximum atomic E-state index is 12.9. The highest BCUT2D eigenvalue weighted by atomic mass is 19.1. The van der Waals surface area contributed by atoms with Gasteiger partial charge >= 0.3 is 0 Å². The molecule has 0 saturated carbocycles. The zero-order valence-corrected chi connectivity index (χ0v) is 8.66. The van der Waals surface area contributed by atoms with Crippen LogP contribution in [0.15, 0.2) is 18.2 Å². The van der Waals surface area contributed by atoms with E-state index in [9.17, 15) is 14.3 Å². The van der Waals surface area contributed by atoms with Gasteiger partial charge < -0.3 is 15.7 Å². The van der Waals surface area contributed by atoms with Gasteiger partial charge in [-0.15, -0.1) is 0 Å². The molecule has 1 heterocycles. The fourth-order valence-electron chi connectivity index (χ4n) is 1.74. The maximum absolute atomic E-state index is 12.9. The average Bonchev–Trinajstić information content (AvgIpc) is 2.76. The Morgan fingerprint density at radius 3 is 3.06 bits per heavy atom. The number of phenolic OH excluding ortho intramolecular Hbond substituents is 1. The van der Waals surface area contributed by atoms with Crippen molar-refractivity contribution in [3.63, 3.8) is 0 Å². The molecule has 0 aliphatic carbocycles. The fraction of sp³-hybridized carbons (Fsp3) is 0.364. The second-order valence-corrected chi connectivity index (χ2v) is 3.80. The number of benzene rings is 1. The Labute approximate surface area is 92.5 Å². The van der Waals surface area contributed by atoms with Crippen LogP contribution in [0.4, 0.5) is 10.1 Å². The highest BCUT2D eigenvalue weighted by Gasteiger charge is 2.22. The molecular weight excluding hydrogens is 211 g/mol. The maximum Gasteiger partial charge on any atom is 0.241 e. The van der Waals surface area contributed by atoms with Gasteiger partial charge in [0.15, 0.2) is 0 Å². The molecule has 1 saturated heterocycles. The van der Waals surface area contributed by atoms with Crippen LogP contribution in [0.3, 0.4) is 0 Å². The van der Waals surface area contributed by atoms with Gasteiger partial charge in [-0.25, -0.2) is 4.39 Å². The normalized spacial score (nSPS) is 19.7. The van der Waals surface area contributed by atoms with Gasteiger partial charge in [0.1, 0.15) is 11.6 Å². The molecule has 16 heavy (non-hydrogen) atoms. The predicted molar refractivity (Wildman–Crippen MR) is 57.7 cm³/mol. The van der Waals surface area contributed by atoms with Crippen molar-refractivity contribution in [1.29, 1.82) is 0 Å². The van der Waals surface area contributed by atoms with Gasteiger partial charge in [0.25, 0.3) is 0 Å². The van der Waals surface area contributed by atoms with Gasteiger partial charge in [-0.1, -0.05) is 0 Å². The molecule has 1 aromatic rings. The molecule has 0 bridgehead atoms. The molecule has 0 unspecified atom stereocenters. The zero-order valence-electron chi connectivity index (χ0n) is 8.66. The van der Waals surface area contributed by atoms with Crippen molar-refractivity contribution >= 4 is 11.6 Å². The second kappa shape index (κ2) is 4.49. The number of anilines is 1. The zero-order chi connectivity index (χ0) is 11.5. The van der Waals surface area contributed by atoms with E-state index < -0.39 is 5.82 Å². The summed E-state index contributed by atoms with van der Waals surface area (Å²) in [6.07, 6.45) is 1.72. The molecule has 1 aliphatic rings. The first-order chi connectivity index (χ1) is 7.66. The minimum absolute atomic E-state index is 0.110. The first kappa shape index (κ1) is 10.9. The van der Waals surface area contributed by atoms with E-state index in [0.29, 0.717) is 0 Å². The molecule has 0 radical (unpaired) electrons. The van der Waals surface area contributed by atoms with E-state index in [1.807, 2.05) is 0 Å². The molecular formula is C11H13FN2O2. The van der Waals surface area contributed by atoms with Crippen molar-refractivity contribution in [2.75, 3.05) is 11.9 Å². The van der Waals surface area contributed by atoms with E-state index in [4.69, 9.17) is 0 Å². The summed E-state index contributed by atoms with van der Waals surface area (Å²) in [4.78, 5) is 11.7. The number of rotatable bonds is 2. The third kappa shape index (κ3) is 2.30. The number of carbonyl (C=O) groups is 1. The van der Waals surface area contributed by atoms with Crippen molar-refractivity contribution in [2.24, 2.45) is 0 Å². The third-order valence-corrected chi connectivity index (χ3v) is 2.59. The molecule has 4 nitrogen and oxygen atoms in total. The quantitative estimate of drug-likeness (QED) is 0.662. The van der Waals surface area contributed by atoms with Gasteiger partial charge in [-0.05, 0) is 31.5 Å². The molecule has 2 rings (SSSR count). The highest BCUT2D eigenvalue weighted by molar-refractivity contribution is 5.96. The Balaban J connectivity index is 2.07. The Kier molecular flexibility index (Phi) is 3.05. The average molecular weight is 224 g/mol. The highest BCUT2D eigenvalue weighted by Crippen LogP contribution is 2.24. The SMILES string of the molecule is O=C(Nc1cc(F)ccc1O)[C@@H]1CCCN1. The lowest BCUT2D eigenvalue weighted by atomic mass is 10.2. The predicted octanol–water partition coefficient (Wildman–Crippen LogP) is 1.22. The molecule has 5 heteroatoms. The number of hydrogen-bond acceptors (Lipinski definition) is 3. The van der Waals surface area contributed by atoms with Crippen LogP contribution in [0.25, 0.3) is 0 Å². The number of aromatic hydroxyl groups is 1. The van der Waals surface area contributed by atoms with Crippen molar-refractivity contribution in [3.8, 4) is 5.75 Å². The van der Waals surface area contributed by atoms with Crippen LogP contribution in [-0.2, 0) is 4.79 Å². The largest absolute Gasteiger partial charge is 0.506 e. The molecule has 1 amide bonds. The van der Waals surface area contributed by atoms with Gasteiger partial charge in [0.05, 0.1) is 11.7 Å². The van der Waals surface area contributed by atoms with Crippen LogP contribution < -0.4 is 10.6 Å². The first-order valence-corrected chi connectivity index (χ1v) is 5.19. The fourth-order valence-corrected chi connectivity index (χ4v) is 1.74. The standard InChI is InChI=1S/C11H13FN2O2/c12-7-3-4-10(15)9(6-7)14-11(16)8-2-1-5-13-8/h3-4,6,8,13,15H,1-2,5H2,(H,14,16)/t8-/m0/s1. The minimum Gasteiger partial charge on any atom is -0.506 e. The van der Waals surface area contributed by atoms with Crippen molar-refractivity contribution in [3.05, 3.63) is 24.0 Å². The summed E-state index contributed by atoms with van der Waals surface area (Å²) in [5.41, 5.74) is 0.110. The van der Waals surface area contributed by atoms with E-state index >= 15 is 0 Å².